The lowest BCUT2D eigenvalue weighted by molar-refractivity contribution is 0.415. The minimum Gasteiger partial charge on any atom is -0.497 e. The third-order valence-corrected chi connectivity index (χ3v) is 3.14. The lowest BCUT2D eigenvalue weighted by atomic mass is 10.2. The van der Waals surface area contributed by atoms with E-state index in [1.807, 2.05) is 29.2 Å². The van der Waals surface area contributed by atoms with Gasteiger partial charge in [0.2, 0.25) is 0 Å². The van der Waals surface area contributed by atoms with Crippen LogP contribution in [0.5, 0.6) is 5.75 Å². The Morgan fingerprint density at radius 3 is 2.65 bits per heavy atom. The van der Waals surface area contributed by atoms with Gasteiger partial charge in [0.15, 0.2) is 5.82 Å². The van der Waals surface area contributed by atoms with Crippen LogP contribution in [0.15, 0.2) is 36.8 Å². The average Bonchev–Trinajstić information content (AvgIpc) is 2.50. The topological polar surface area (TPSA) is 64.3 Å². The maximum absolute atomic E-state index is 6.18. The highest BCUT2D eigenvalue weighted by atomic mass is 35.5. The summed E-state index contributed by atoms with van der Waals surface area (Å²) in [6.45, 7) is 1.34. The van der Waals surface area contributed by atoms with Gasteiger partial charge in [-0.2, -0.15) is 0 Å². The minimum atomic E-state index is 0.514. The number of nitrogens with two attached hydrogens (primary N) is 1. The Morgan fingerprint density at radius 1 is 1.30 bits per heavy atom. The molecule has 0 saturated heterocycles. The van der Waals surface area contributed by atoms with Gasteiger partial charge in [-0.15, -0.1) is 0 Å². The fourth-order valence-corrected chi connectivity index (χ4v) is 2.08. The summed E-state index contributed by atoms with van der Waals surface area (Å²) in [6, 6.07) is 7.74. The van der Waals surface area contributed by atoms with Gasteiger partial charge in [0.1, 0.15) is 17.1 Å². The number of aromatic nitrogens is 2. The number of nitrogens with zero attached hydrogens (tertiary/aromatic N) is 3. The van der Waals surface area contributed by atoms with Gasteiger partial charge in [0.25, 0.3) is 0 Å². The van der Waals surface area contributed by atoms with Gasteiger partial charge >= 0.3 is 0 Å². The molecule has 106 valence electrons. The van der Waals surface area contributed by atoms with Crippen LogP contribution in [-0.4, -0.2) is 30.2 Å². The van der Waals surface area contributed by atoms with Crippen molar-refractivity contribution in [2.24, 2.45) is 5.73 Å². The first-order valence-electron chi connectivity index (χ1n) is 6.33. The van der Waals surface area contributed by atoms with Crippen LogP contribution < -0.4 is 15.4 Å². The van der Waals surface area contributed by atoms with Crippen LogP contribution in [-0.2, 0) is 0 Å². The van der Waals surface area contributed by atoms with E-state index < -0.39 is 0 Å². The Labute approximate surface area is 123 Å². The molecule has 1 aromatic carbocycles. The monoisotopic (exact) mass is 292 g/mol. The normalized spacial score (nSPS) is 10.3. The van der Waals surface area contributed by atoms with Crippen LogP contribution in [0.4, 0.5) is 11.5 Å². The van der Waals surface area contributed by atoms with Crippen LogP contribution in [0.2, 0.25) is 5.02 Å². The predicted molar refractivity (Wildman–Crippen MR) is 80.7 cm³/mol. The predicted octanol–water partition coefficient (Wildman–Crippen LogP) is 2.63. The molecule has 0 atom stereocenters. The van der Waals surface area contributed by atoms with E-state index in [2.05, 4.69) is 9.97 Å². The summed E-state index contributed by atoms with van der Waals surface area (Å²) in [5, 5.41) is 0.514. The average molecular weight is 293 g/mol. The first-order chi connectivity index (χ1) is 9.76. The highest BCUT2D eigenvalue weighted by Gasteiger charge is 2.13. The van der Waals surface area contributed by atoms with Gasteiger partial charge in [-0.25, -0.2) is 9.97 Å². The molecule has 0 aliphatic heterocycles. The molecule has 0 spiro atoms. The SMILES string of the molecule is COc1ccc(N(CCCN)c2ncncc2Cl)cc1. The zero-order chi connectivity index (χ0) is 14.4. The van der Waals surface area contributed by atoms with E-state index in [0.717, 1.165) is 24.4 Å². The zero-order valence-corrected chi connectivity index (χ0v) is 12.0. The molecular formula is C14H17ClN4O. The van der Waals surface area contributed by atoms with Crippen LogP contribution >= 0.6 is 11.6 Å². The largest absolute Gasteiger partial charge is 0.497 e. The number of anilines is 2. The summed E-state index contributed by atoms with van der Waals surface area (Å²) in [5.74, 6) is 1.49. The van der Waals surface area contributed by atoms with Crippen molar-refractivity contribution in [3.05, 3.63) is 41.8 Å². The Balaban J connectivity index is 2.33. The minimum absolute atomic E-state index is 0.514. The van der Waals surface area contributed by atoms with E-state index in [0.29, 0.717) is 17.4 Å². The van der Waals surface area contributed by atoms with Crippen molar-refractivity contribution in [1.82, 2.24) is 9.97 Å². The second kappa shape index (κ2) is 7.07. The Hall–Kier alpha value is -1.85. The molecule has 5 nitrogen and oxygen atoms in total. The molecule has 0 amide bonds. The number of benzene rings is 1. The smallest absolute Gasteiger partial charge is 0.155 e. The van der Waals surface area contributed by atoms with Gasteiger partial charge in [0.05, 0.1) is 13.3 Å². The molecule has 2 aromatic rings. The second-order valence-corrected chi connectivity index (χ2v) is 4.59. The van der Waals surface area contributed by atoms with Crippen molar-refractivity contribution in [1.29, 1.82) is 0 Å². The Kier molecular flexibility index (Phi) is 5.15. The molecule has 0 saturated carbocycles. The van der Waals surface area contributed by atoms with Crippen molar-refractivity contribution < 1.29 is 4.74 Å². The molecule has 0 unspecified atom stereocenters. The van der Waals surface area contributed by atoms with Crippen LogP contribution in [0.25, 0.3) is 0 Å². The lowest BCUT2D eigenvalue weighted by Gasteiger charge is -2.24. The quantitative estimate of drug-likeness (QED) is 0.886. The zero-order valence-electron chi connectivity index (χ0n) is 11.3. The van der Waals surface area contributed by atoms with Crippen LogP contribution in [0, 0.1) is 0 Å². The fraction of sp³-hybridized carbons (Fsp3) is 0.286. The number of hydrogen-bond donors (Lipinski definition) is 1. The van der Waals surface area contributed by atoms with Gasteiger partial charge in [-0.3, -0.25) is 0 Å². The number of halogens is 1. The summed E-state index contributed by atoms with van der Waals surface area (Å²) in [5.41, 5.74) is 6.59. The van der Waals surface area contributed by atoms with E-state index in [4.69, 9.17) is 22.1 Å². The molecule has 0 radical (unpaired) electrons. The van der Waals surface area contributed by atoms with Crippen LogP contribution in [0.1, 0.15) is 6.42 Å². The van der Waals surface area contributed by atoms with Crippen molar-refractivity contribution in [2.75, 3.05) is 25.1 Å². The molecule has 6 heteroatoms. The van der Waals surface area contributed by atoms with Gasteiger partial charge < -0.3 is 15.4 Å². The molecule has 0 fully saturated rings. The second-order valence-electron chi connectivity index (χ2n) is 4.19. The van der Waals surface area contributed by atoms with E-state index >= 15 is 0 Å². The summed E-state index contributed by atoms with van der Waals surface area (Å²) in [4.78, 5) is 10.2. The number of hydrogen-bond acceptors (Lipinski definition) is 5. The van der Waals surface area contributed by atoms with Crippen molar-refractivity contribution in [3.8, 4) is 5.75 Å². The first-order valence-corrected chi connectivity index (χ1v) is 6.71. The first kappa shape index (κ1) is 14.6. The molecule has 20 heavy (non-hydrogen) atoms. The summed E-state index contributed by atoms with van der Waals surface area (Å²) < 4.78 is 5.17. The maximum Gasteiger partial charge on any atom is 0.155 e. The highest BCUT2D eigenvalue weighted by molar-refractivity contribution is 6.32. The summed E-state index contributed by atoms with van der Waals surface area (Å²) in [6.07, 6.45) is 3.91. The molecule has 1 heterocycles. The van der Waals surface area contributed by atoms with E-state index in [1.54, 1.807) is 13.3 Å². The third-order valence-electron chi connectivity index (χ3n) is 2.87. The number of ether oxygens (including phenoxy) is 1. The van der Waals surface area contributed by atoms with E-state index in [1.165, 1.54) is 6.33 Å². The molecule has 2 N–H and O–H groups in total. The third kappa shape index (κ3) is 3.37. The molecular weight excluding hydrogens is 276 g/mol. The van der Waals surface area contributed by atoms with E-state index in [-0.39, 0.29) is 0 Å². The van der Waals surface area contributed by atoms with Gasteiger partial charge in [-0.1, -0.05) is 11.6 Å². The fourth-order valence-electron chi connectivity index (χ4n) is 1.87. The molecule has 0 aliphatic carbocycles. The summed E-state index contributed by atoms with van der Waals surface area (Å²) in [7, 11) is 1.64. The van der Waals surface area contributed by atoms with Crippen molar-refractivity contribution in [3.63, 3.8) is 0 Å². The molecule has 0 bridgehead atoms. The summed E-state index contributed by atoms with van der Waals surface area (Å²) >= 11 is 6.18. The number of rotatable bonds is 6. The Morgan fingerprint density at radius 2 is 2.05 bits per heavy atom. The van der Waals surface area contributed by atoms with Crippen LogP contribution in [0.3, 0.4) is 0 Å². The standard InChI is InChI=1S/C14H17ClN4O/c1-20-12-5-3-11(4-6-12)19(8-2-7-16)14-13(15)9-17-10-18-14/h3-6,9-10H,2,7-8,16H2,1H3. The Bertz CT molecular complexity index is 547. The molecule has 1 aromatic heterocycles. The molecule has 0 aliphatic rings. The van der Waals surface area contributed by atoms with Gasteiger partial charge in [0, 0.05) is 12.2 Å². The lowest BCUT2D eigenvalue weighted by Crippen LogP contribution is -2.22. The van der Waals surface area contributed by atoms with E-state index in [9.17, 15) is 0 Å². The number of methoxy groups -OCH3 is 1. The van der Waals surface area contributed by atoms with Crippen molar-refractivity contribution >= 4 is 23.1 Å². The highest BCUT2D eigenvalue weighted by Crippen LogP contribution is 2.30. The maximum atomic E-state index is 6.18. The molecule has 2 rings (SSSR count). The van der Waals surface area contributed by atoms with Gasteiger partial charge in [-0.05, 0) is 37.2 Å². The van der Waals surface area contributed by atoms with Crippen molar-refractivity contribution in [2.45, 2.75) is 6.42 Å².